The number of hydrogen-bond acceptors (Lipinski definition) is 6. The van der Waals surface area contributed by atoms with Crippen molar-refractivity contribution in [3.05, 3.63) is 59.7 Å². The van der Waals surface area contributed by atoms with Crippen LogP contribution in [0.5, 0.6) is 0 Å². The zero-order chi connectivity index (χ0) is 22.2. The summed E-state index contributed by atoms with van der Waals surface area (Å²) in [7, 11) is 0. The summed E-state index contributed by atoms with van der Waals surface area (Å²) in [4.78, 5) is 16.9. The zero-order valence-corrected chi connectivity index (χ0v) is 18.4. The van der Waals surface area contributed by atoms with Gasteiger partial charge in [-0.1, -0.05) is 31.1 Å². The van der Waals surface area contributed by atoms with Crippen LogP contribution >= 0.6 is 0 Å². The maximum atomic E-state index is 13.5. The fourth-order valence-electron chi connectivity index (χ4n) is 3.96. The molecule has 0 aliphatic carbocycles. The van der Waals surface area contributed by atoms with Crippen molar-refractivity contribution in [1.82, 2.24) is 25.1 Å². The third kappa shape index (κ3) is 3.99. The van der Waals surface area contributed by atoms with Gasteiger partial charge in [-0.05, 0) is 44.7 Å². The molecule has 8 nitrogen and oxygen atoms in total. The Balaban J connectivity index is 1.58. The summed E-state index contributed by atoms with van der Waals surface area (Å²) in [6.07, 6.45) is 4.95. The first-order chi connectivity index (χ1) is 14.8. The van der Waals surface area contributed by atoms with Gasteiger partial charge in [0.1, 0.15) is 5.60 Å². The van der Waals surface area contributed by atoms with E-state index in [9.17, 15) is 9.90 Å². The molecule has 1 amide bonds. The van der Waals surface area contributed by atoms with Gasteiger partial charge in [-0.2, -0.15) is 15.0 Å². The monoisotopic (exact) mass is 423 g/mol. The van der Waals surface area contributed by atoms with Crippen LogP contribution in [-0.2, 0) is 5.60 Å². The fraction of sp³-hybridized carbons (Fsp3) is 0.478. The molecule has 1 unspecified atom stereocenters. The first kappa shape index (κ1) is 21.2. The molecule has 3 aromatic rings. The topological polar surface area (TPSA) is 97.3 Å². The lowest BCUT2D eigenvalue weighted by atomic mass is 9.87. The number of amides is 1. The third-order valence-corrected chi connectivity index (χ3v) is 6.48. The number of hydrogen-bond donors (Lipinski definition) is 1. The van der Waals surface area contributed by atoms with Gasteiger partial charge in [0, 0.05) is 24.6 Å². The van der Waals surface area contributed by atoms with E-state index in [1.54, 1.807) is 19.3 Å². The molecule has 1 aromatic carbocycles. The lowest BCUT2D eigenvalue weighted by Gasteiger charge is -2.37. The minimum Gasteiger partial charge on any atom is -0.382 e. The van der Waals surface area contributed by atoms with Gasteiger partial charge in [-0.25, -0.2) is 0 Å². The van der Waals surface area contributed by atoms with Gasteiger partial charge in [0.05, 0.1) is 29.3 Å². The highest BCUT2D eigenvalue weighted by Crippen LogP contribution is 2.35. The SMILES string of the molecule is CC(C)C(C)(O)c1cc([C@@H]2CC[C@@H](C)N(C(=O)c3ccccc3-n3nccn3)C2)no1. The summed E-state index contributed by atoms with van der Waals surface area (Å²) >= 11 is 0. The van der Waals surface area contributed by atoms with Crippen molar-refractivity contribution in [3.63, 3.8) is 0 Å². The van der Waals surface area contributed by atoms with Gasteiger partial charge in [-0.3, -0.25) is 4.79 Å². The van der Waals surface area contributed by atoms with Gasteiger partial charge in [-0.15, -0.1) is 0 Å². The molecular weight excluding hydrogens is 394 g/mol. The standard InChI is InChI=1S/C23H29N5O3/c1-15(2)23(4,30)21-13-19(26-31-21)17-10-9-16(3)27(14-17)22(29)18-7-5-6-8-20(18)28-24-11-12-25-28/h5-8,11-13,15-17,30H,9-10,14H2,1-4H3/t16-,17-,23?/m1/s1. The van der Waals surface area contributed by atoms with E-state index in [0.717, 1.165) is 18.5 Å². The molecule has 31 heavy (non-hydrogen) atoms. The number of aromatic nitrogens is 4. The smallest absolute Gasteiger partial charge is 0.256 e. The number of rotatable bonds is 5. The maximum absolute atomic E-state index is 13.5. The molecule has 4 rings (SSSR count). The molecule has 0 bridgehead atoms. The zero-order valence-electron chi connectivity index (χ0n) is 18.4. The number of carbonyl (C=O) groups excluding carboxylic acids is 1. The summed E-state index contributed by atoms with van der Waals surface area (Å²) < 4.78 is 5.50. The van der Waals surface area contributed by atoms with E-state index in [0.29, 0.717) is 23.6 Å². The van der Waals surface area contributed by atoms with E-state index in [4.69, 9.17) is 4.52 Å². The lowest BCUT2D eigenvalue weighted by Crippen LogP contribution is -2.45. The van der Waals surface area contributed by atoms with Crippen LogP contribution in [0, 0.1) is 5.92 Å². The fourth-order valence-corrected chi connectivity index (χ4v) is 3.96. The summed E-state index contributed by atoms with van der Waals surface area (Å²) in [6, 6.07) is 9.32. The van der Waals surface area contributed by atoms with Crippen molar-refractivity contribution in [2.24, 2.45) is 5.92 Å². The van der Waals surface area contributed by atoms with Gasteiger partial charge >= 0.3 is 0 Å². The molecule has 3 atom stereocenters. The molecule has 1 N–H and O–H groups in total. The van der Waals surface area contributed by atoms with Crippen LogP contribution in [0.2, 0.25) is 0 Å². The Morgan fingerprint density at radius 3 is 2.65 bits per heavy atom. The van der Waals surface area contributed by atoms with Gasteiger partial charge in [0.25, 0.3) is 5.91 Å². The lowest BCUT2D eigenvalue weighted by molar-refractivity contribution is -0.0158. The molecule has 0 saturated carbocycles. The van der Waals surface area contributed by atoms with Crippen molar-refractivity contribution in [3.8, 4) is 5.69 Å². The van der Waals surface area contributed by atoms with E-state index in [-0.39, 0.29) is 23.8 Å². The molecule has 0 radical (unpaired) electrons. The Hall–Kier alpha value is -3.00. The highest BCUT2D eigenvalue weighted by molar-refractivity contribution is 5.98. The van der Waals surface area contributed by atoms with Gasteiger partial charge in [0.2, 0.25) is 0 Å². The number of nitrogens with zero attached hydrogens (tertiary/aromatic N) is 5. The second-order valence-corrected chi connectivity index (χ2v) is 8.83. The van der Waals surface area contributed by atoms with Crippen molar-refractivity contribution in [2.75, 3.05) is 6.54 Å². The van der Waals surface area contributed by atoms with E-state index in [1.165, 1.54) is 4.80 Å². The Morgan fingerprint density at radius 1 is 1.23 bits per heavy atom. The molecule has 0 spiro atoms. The molecular formula is C23H29N5O3. The third-order valence-electron chi connectivity index (χ3n) is 6.48. The molecule has 2 aromatic heterocycles. The molecule has 164 valence electrons. The largest absolute Gasteiger partial charge is 0.382 e. The molecule has 1 aliphatic heterocycles. The summed E-state index contributed by atoms with van der Waals surface area (Å²) in [5.41, 5.74) is 0.916. The summed E-state index contributed by atoms with van der Waals surface area (Å²) in [5, 5.41) is 23.3. The van der Waals surface area contributed by atoms with Crippen LogP contribution in [0.25, 0.3) is 5.69 Å². The van der Waals surface area contributed by atoms with Crippen molar-refractivity contribution >= 4 is 5.91 Å². The van der Waals surface area contributed by atoms with Crippen LogP contribution in [0.1, 0.15) is 68.3 Å². The normalized spacial score (nSPS) is 21.3. The highest BCUT2D eigenvalue weighted by Gasteiger charge is 2.36. The minimum absolute atomic E-state index is 0.00911. The number of carbonyl (C=O) groups is 1. The highest BCUT2D eigenvalue weighted by atomic mass is 16.5. The average Bonchev–Trinajstić information content (AvgIpc) is 3.46. The van der Waals surface area contributed by atoms with Crippen molar-refractivity contribution < 1.29 is 14.4 Å². The molecule has 1 fully saturated rings. The Kier molecular flexibility index (Phi) is 5.66. The molecule has 1 aliphatic rings. The number of benzene rings is 1. The van der Waals surface area contributed by atoms with Gasteiger partial charge < -0.3 is 14.5 Å². The van der Waals surface area contributed by atoms with E-state index < -0.39 is 5.60 Å². The van der Waals surface area contributed by atoms with Crippen LogP contribution in [0.3, 0.4) is 0 Å². The predicted octanol–water partition coefficient (Wildman–Crippen LogP) is 3.53. The maximum Gasteiger partial charge on any atom is 0.256 e. The summed E-state index contributed by atoms with van der Waals surface area (Å²) in [6.45, 7) is 8.23. The quantitative estimate of drug-likeness (QED) is 0.674. The van der Waals surface area contributed by atoms with Crippen molar-refractivity contribution in [2.45, 2.75) is 58.1 Å². The van der Waals surface area contributed by atoms with Gasteiger partial charge in [0.15, 0.2) is 5.76 Å². The predicted molar refractivity (Wildman–Crippen MR) is 115 cm³/mol. The molecule has 3 heterocycles. The van der Waals surface area contributed by atoms with Crippen LogP contribution in [-0.4, -0.2) is 48.7 Å². The van der Waals surface area contributed by atoms with Crippen LogP contribution in [0.15, 0.2) is 47.2 Å². The van der Waals surface area contributed by atoms with Crippen LogP contribution < -0.4 is 0 Å². The average molecular weight is 424 g/mol. The number of piperidine rings is 1. The second-order valence-electron chi connectivity index (χ2n) is 8.83. The van der Waals surface area contributed by atoms with E-state index in [1.807, 2.05) is 49.1 Å². The molecule has 1 saturated heterocycles. The number of aliphatic hydroxyl groups is 1. The Labute approximate surface area is 181 Å². The van der Waals surface area contributed by atoms with E-state index in [2.05, 4.69) is 22.3 Å². The van der Waals surface area contributed by atoms with Crippen LogP contribution in [0.4, 0.5) is 0 Å². The Morgan fingerprint density at radius 2 is 1.94 bits per heavy atom. The second kappa shape index (κ2) is 8.26. The number of likely N-dealkylation sites (tertiary alicyclic amines) is 1. The number of para-hydroxylation sites is 1. The Bertz CT molecular complexity index is 1040. The van der Waals surface area contributed by atoms with E-state index >= 15 is 0 Å². The summed E-state index contributed by atoms with van der Waals surface area (Å²) in [5.74, 6) is 0.452. The first-order valence-electron chi connectivity index (χ1n) is 10.7. The first-order valence-corrected chi connectivity index (χ1v) is 10.7. The minimum atomic E-state index is -1.08. The van der Waals surface area contributed by atoms with Crippen molar-refractivity contribution in [1.29, 1.82) is 0 Å². The molecule has 8 heteroatoms.